The lowest BCUT2D eigenvalue weighted by molar-refractivity contribution is 0.785. The van der Waals surface area contributed by atoms with Gasteiger partial charge in [-0.05, 0) is 22.4 Å². The lowest BCUT2D eigenvalue weighted by Crippen LogP contribution is -2.17. The van der Waals surface area contributed by atoms with Crippen LogP contribution in [0.2, 0.25) is 0 Å². The van der Waals surface area contributed by atoms with Gasteiger partial charge in [-0.3, -0.25) is 4.68 Å². The van der Waals surface area contributed by atoms with Crippen molar-refractivity contribution in [1.82, 2.24) is 19.7 Å². The third-order valence-electron chi connectivity index (χ3n) is 2.87. The molecule has 5 nitrogen and oxygen atoms in total. The fourth-order valence-corrected chi connectivity index (χ4v) is 2.65. The van der Waals surface area contributed by atoms with Gasteiger partial charge in [0.1, 0.15) is 12.1 Å². The molecule has 3 aromatic rings. The van der Waals surface area contributed by atoms with Crippen LogP contribution in [-0.4, -0.2) is 26.8 Å². The van der Waals surface area contributed by atoms with Crippen molar-refractivity contribution in [3.63, 3.8) is 0 Å². The van der Waals surface area contributed by atoms with Crippen LogP contribution in [0.5, 0.6) is 0 Å². The highest BCUT2D eigenvalue weighted by Crippen LogP contribution is 2.22. The van der Waals surface area contributed by atoms with E-state index in [2.05, 4.69) is 36.8 Å². The Labute approximate surface area is 109 Å². The van der Waals surface area contributed by atoms with Crippen molar-refractivity contribution in [1.29, 1.82) is 0 Å². The third kappa shape index (κ3) is 1.84. The van der Waals surface area contributed by atoms with Gasteiger partial charge < -0.3 is 4.90 Å². The molecule has 0 aliphatic rings. The Morgan fingerprint density at radius 2 is 2.28 bits per heavy atom. The van der Waals surface area contributed by atoms with Crippen LogP contribution in [0.15, 0.2) is 29.4 Å². The first-order chi connectivity index (χ1) is 8.75. The van der Waals surface area contributed by atoms with E-state index in [1.165, 1.54) is 5.56 Å². The first kappa shape index (κ1) is 11.2. The SMILES string of the molecule is CN(Cc1ccsc1)c1ncnc2c1cnn2C. The third-order valence-corrected chi connectivity index (χ3v) is 3.60. The summed E-state index contributed by atoms with van der Waals surface area (Å²) < 4.78 is 1.76. The highest BCUT2D eigenvalue weighted by atomic mass is 32.1. The Balaban J connectivity index is 1.98. The molecule has 0 aromatic carbocycles. The van der Waals surface area contributed by atoms with E-state index in [-0.39, 0.29) is 0 Å². The van der Waals surface area contributed by atoms with E-state index in [0.717, 1.165) is 23.4 Å². The van der Waals surface area contributed by atoms with Crippen molar-refractivity contribution in [3.8, 4) is 0 Å². The van der Waals surface area contributed by atoms with Gasteiger partial charge >= 0.3 is 0 Å². The van der Waals surface area contributed by atoms with E-state index >= 15 is 0 Å². The topological polar surface area (TPSA) is 46.8 Å². The molecular weight excluding hydrogens is 246 g/mol. The van der Waals surface area contributed by atoms with Gasteiger partial charge in [0.2, 0.25) is 0 Å². The number of aryl methyl sites for hydroxylation is 1. The predicted molar refractivity (Wildman–Crippen MR) is 72.7 cm³/mol. The Morgan fingerprint density at radius 1 is 1.39 bits per heavy atom. The first-order valence-electron chi connectivity index (χ1n) is 5.60. The molecule has 3 heterocycles. The number of thiophene rings is 1. The van der Waals surface area contributed by atoms with E-state index < -0.39 is 0 Å². The molecule has 0 amide bonds. The monoisotopic (exact) mass is 259 g/mol. The van der Waals surface area contributed by atoms with Crippen LogP contribution in [0.3, 0.4) is 0 Å². The van der Waals surface area contributed by atoms with E-state index in [9.17, 15) is 0 Å². The van der Waals surface area contributed by atoms with Crippen LogP contribution in [0, 0.1) is 0 Å². The van der Waals surface area contributed by atoms with Crippen LogP contribution in [0.25, 0.3) is 11.0 Å². The normalized spacial score (nSPS) is 11.0. The number of aromatic nitrogens is 4. The van der Waals surface area contributed by atoms with Crippen LogP contribution in [-0.2, 0) is 13.6 Å². The number of hydrogen-bond acceptors (Lipinski definition) is 5. The quantitative estimate of drug-likeness (QED) is 0.722. The molecular formula is C12H13N5S. The second kappa shape index (κ2) is 4.38. The van der Waals surface area contributed by atoms with Crippen LogP contribution < -0.4 is 4.90 Å². The lowest BCUT2D eigenvalue weighted by atomic mass is 10.3. The molecule has 0 aliphatic heterocycles. The molecule has 0 N–H and O–H groups in total. The molecule has 92 valence electrons. The van der Waals surface area contributed by atoms with E-state index in [4.69, 9.17) is 0 Å². The Bertz CT molecular complexity index is 658. The van der Waals surface area contributed by atoms with Crippen molar-refractivity contribution in [2.24, 2.45) is 7.05 Å². The molecule has 3 aromatic heterocycles. The number of anilines is 1. The van der Waals surface area contributed by atoms with Gasteiger partial charge in [-0.15, -0.1) is 0 Å². The van der Waals surface area contributed by atoms with Gasteiger partial charge in [0.05, 0.1) is 11.6 Å². The second-order valence-electron chi connectivity index (χ2n) is 4.19. The zero-order valence-corrected chi connectivity index (χ0v) is 11.1. The molecule has 18 heavy (non-hydrogen) atoms. The number of rotatable bonds is 3. The van der Waals surface area contributed by atoms with Crippen LogP contribution in [0.1, 0.15) is 5.56 Å². The fourth-order valence-electron chi connectivity index (χ4n) is 1.99. The number of nitrogens with zero attached hydrogens (tertiary/aromatic N) is 5. The number of hydrogen-bond donors (Lipinski definition) is 0. The maximum absolute atomic E-state index is 4.37. The summed E-state index contributed by atoms with van der Waals surface area (Å²) in [5.74, 6) is 0.916. The van der Waals surface area contributed by atoms with Gasteiger partial charge in [-0.2, -0.15) is 16.4 Å². The highest BCUT2D eigenvalue weighted by molar-refractivity contribution is 7.07. The molecule has 0 spiro atoms. The Hall–Kier alpha value is -1.95. The van der Waals surface area contributed by atoms with Gasteiger partial charge in [-0.1, -0.05) is 0 Å². The standard InChI is InChI=1S/C12H13N5S/c1-16(6-9-3-4-18-7-9)11-10-5-15-17(2)12(10)14-8-13-11/h3-5,7-8H,6H2,1-2H3. The van der Waals surface area contributed by atoms with Crippen molar-refractivity contribution >= 4 is 28.2 Å². The summed E-state index contributed by atoms with van der Waals surface area (Å²) in [6.45, 7) is 0.838. The van der Waals surface area contributed by atoms with E-state index in [1.54, 1.807) is 22.3 Å². The summed E-state index contributed by atoms with van der Waals surface area (Å²) >= 11 is 1.71. The van der Waals surface area contributed by atoms with Crippen molar-refractivity contribution in [2.75, 3.05) is 11.9 Å². The molecule has 0 radical (unpaired) electrons. The minimum absolute atomic E-state index is 0.838. The Morgan fingerprint density at radius 3 is 3.06 bits per heavy atom. The van der Waals surface area contributed by atoms with Gasteiger partial charge in [-0.25, -0.2) is 9.97 Å². The average Bonchev–Trinajstić information content (AvgIpc) is 3.00. The summed E-state index contributed by atoms with van der Waals surface area (Å²) in [5.41, 5.74) is 2.15. The molecule has 0 bridgehead atoms. The van der Waals surface area contributed by atoms with Crippen molar-refractivity contribution < 1.29 is 0 Å². The summed E-state index contributed by atoms with van der Waals surface area (Å²) in [5, 5.41) is 9.45. The van der Waals surface area contributed by atoms with Crippen molar-refractivity contribution in [3.05, 3.63) is 34.9 Å². The number of fused-ring (bicyclic) bond motifs is 1. The van der Waals surface area contributed by atoms with Gasteiger partial charge in [0, 0.05) is 20.6 Å². The summed E-state index contributed by atoms with van der Waals surface area (Å²) in [6, 6.07) is 2.13. The predicted octanol–water partition coefficient (Wildman–Crippen LogP) is 2.06. The molecule has 0 atom stereocenters. The zero-order valence-electron chi connectivity index (χ0n) is 10.2. The molecule has 6 heteroatoms. The molecule has 0 saturated carbocycles. The average molecular weight is 259 g/mol. The molecule has 0 fully saturated rings. The van der Waals surface area contributed by atoms with Crippen LogP contribution in [0.4, 0.5) is 5.82 Å². The first-order valence-corrected chi connectivity index (χ1v) is 6.55. The largest absolute Gasteiger partial charge is 0.355 e. The minimum Gasteiger partial charge on any atom is -0.355 e. The molecule has 0 saturated heterocycles. The summed E-state index contributed by atoms with van der Waals surface area (Å²) in [7, 11) is 3.92. The second-order valence-corrected chi connectivity index (χ2v) is 4.97. The van der Waals surface area contributed by atoms with E-state index in [0.29, 0.717) is 0 Å². The fraction of sp³-hybridized carbons (Fsp3) is 0.250. The van der Waals surface area contributed by atoms with Gasteiger partial charge in [0.25, 0.3) is 0 Å². The maximum Gasteiger partial charge on any atom is 0.163 e. The molecule has 3 rings (SSSR count). The smallest absolute Gasteiger partial charge is 0.163 e. The zero-order chi connectivity index (χ0) is 12.5. The molecule has 0 aliphatic carbocycles. The van der Waals surface area contributed by atoms with Gasteiger partial charge in [0.15, 0.2) is 5.65 Å². The minimum atomic E-state index is 0.838. The van der Waals surface area contributed by atoms with Crippen LogP contribution >= 0.6 is 11.3 Å². The maximum atomic E-state index is 4.37. The van der Waals surface area contributed by atoms with E-state index in [1.807, 2.05) is 20.3 Å². The lowest BCUT2D eigenvalue weighted by Gasteiger charge is -2.17. The summed E-state index contributed by atoms with van der Waals surface area (Å²) in [4.78, 5) is 10.7. The Kier molecular flexibility index (Phi) is 2.71. The van der Waals surface area contributed by atoms with Crippen molar-refractivity contribution in [2.45, 2.75) is 6.54 Å². The highest BCUT2D eigenvalue weighted by Gasteiger charge is 2.11. The summed E-state index contributed by atoms with van der Waals surface area (Å²) in [6.07, 6.45) is 3.40. The molecule has 0 unspecified atom stereocenters.